The van der Waals surface area contributed by atoms with E-state index in [2.05, 4.69) is 20.7 Å². The Morgan fingerprint density at radius 3 is 2.83 bits per heavy atom. The van der Waals surface area contributed by atoms with Crippen molar-refractivity contribution in [2.75, 3.05) is 30.9 Å². The number of hydrogen-bond donors (Lipinski definition) is 3. The van der Waals surface area contributed by atoms with Crippen molar-refractivity contribution < 1.29 is 19.4 Å². The average molecular weight is 415 g/mol. The van der Waals surface area contributed by atoms with Crippen molar-refractivity contribution in [3.05, 3.63) is 24.0 Å². The SMILES string of the molecule is CCOCc1nc2c(N)nc3cc(OCCCNC(=O)[O-])ccc3c2n1NC(C)C. The van der Waals surface area contributed by atoms with Crippen LogP contribution in [0.2, 0.25) is 0 Å². The number of rotatable bonds is 10. The van der Waals surface area contributed by atoms with Crippen molar-refractivity contribution >= 4 is 33.8 Å². The van der Waals surface area contributed by atoms with Gasteiger partial charge in [0.2, 0.25) is 0 Å². The first kappa shape index (κ1) is 21.4. The molecule has 0 saturated carbocycles. The van der Waals surface area contributed by atoms with Gasteiger partial charge in [-0.15, -0.1) is 0 Å². The smallest absolute Gasteiger partial charge is 0.154 e. The summed E-state index contributed by atoms with van der Waals surface area (Å²) in [7, 11) is 0. The van der Waals surface area contributed by atoms with Gasteiger partial charge in [-0.25, -0.2) is 14.6 Å². The van der Waals surface area contributed by atoms with E-state index >= 15 is 0 Å². The van der Waals surface area contributed by atoms with E-state index in [0.29, 0.717) is 48.8 Å². The number of anilines is 1. The van der Waals surface area contributed by atoms with Crippen LogP contribution in [0.3, 0.4) is 0 Å². The summed E-state index contributed by atoms with van der Waals surface area (Å²) >= 11 is 0. The van der Waals surface area contributed by atoms with E-state index in [1.54, 1.807) is 0 Å². The number of nitrogen functional groups attached to an aromatic ring is 1. The highest BCUT2D eigenvalue weighted by Gasteiger charge is 2.18. The fourth-order valence-corrected chi connectivity index (χ4v) is 3.11. The maximum atomic E-state index is 10.4. The monoisotopic (exact) mass is 415 g/mol. The van der Waals surface area contributed by atoms with Gasteiger partial charge in [0.25, 0.3) is 0 Å². The minimum Gasteiger partial charge on any atom is -0.530 e. The zero-order valence-electron chi connectivity index (χ0n) is 17.4. The quantitative estimate of drug-likeness (QED) is 0.422. The summed E-state index contributed by atoms with van der Waals surface area (Å²) in [6.45, 7) is 7.59. The number of amides is 1. The number of nitrogens with two attached hydrogens (primary N) is 1. The van der Waals surface area contributed by atoms with Crippen LogP contribution in [0.25, 0.3) is 21.9 Å². The zero-order chi connectivity index (χ0) is 21.7. The minimum absolute atomic E-state index is 0.171. The molecule has 162 valence electrons. The highest BCUT2D eigenvalue weighted by Crippen LogP contribution is 2.30. The number of ether oxygens (including phenoxy) is 2. The largest absolute Gasteiger partial charge is 0.530 e. The van der Waals surface area contributed by atoms with E-state index in [-0.39, 0.29) is 12.6 Å². The van der Waals surface area contributed by atoms with E-state index in [1.807, 2.05) is 43.6 Å². The van der Waals surface area contributed by atoms with Crippen LogP contribution >= 0.6 is 0 Å². The van der Waals surface area contributed by atoms with Crippen molar-refractivity contribution in [2.45, 2.75) is 39.8 Å². The van der Waals surface area contributed by atoms with Crippen LogP contribution in [0.1, 0.15) is 33.0 Å². The first-order valence-electron chi connectivity index (χ1n) is 9.93. The Balaban J connectivity index is 1.94. The van der Waals surface area contributed by atoms with Crippen molar-refractivity contribution in [1.29, 1.82) is 0 Å². The van der Waals surface area contributed by atoms with Crippen molar-refractivity contribution in [3.63, 3.8) is 0 Å². The topological polar surface area (TPSA) is 139 Å². The number of carbonyl (C=O) groups is 1. The summed E-state index contributed by atoms with van der Waals surface area (Å²) < 4.78 is 13.2. The Morgan fingerprint density at radius 1 is 1.33 bits per heavy atom. The number of imidazole rings is 1. The fraction of sp³-hybridized carbons (Fsp3) is 0.450. The summed E-state index contributed by atoms with van der Waals surface area (Å²) in [6, 6.07) is 5.75. The third-order valence-corrected chi connectivity index (χ3v) is 4.34. The number of carboxylic acid groups (broad SMARTS) is 1. The zero-order valence-corrected chi connectivity index (χ0v) is 17.4. The maximum Gasteiger partial charge on any atom is 0.154 e. The van der Waals surface area contributed by atoms with Crippen molar-refractivity contribution in [3.8, 4) is 5.75 Å². The Labute approximate surface area is 174 Å². The molecule has 2 heterocycles. The van der Waals surface area contributed by atoms with Gasteiger partial charge < -0.3 is 35.9 Å². The predicted molar refractivity (Wildman–Crippen MR) is 113 cm³/mol. The Hall–Kier alpha value is -3.27. The molecule has 3 aromatic rings. The first-order valence-corrected chi connectivity index (χ1v) is 9.93. The van der Waals surface area contributed by atoms with Gasteiger partial charge in [-0.2, -0.15) is 0 Å². The number of nitrogens with one attached hydrogen (secondary N) is 2. The molecule has 1 aromatic carbocycles. The maximum absolute atomic E-state index is 10.4. The van der Waals surface area contributed by atoms with Gasteiger partial charge in [0.1, 0.15) is 29.5 Å². The molecule has 2 aromatic heterocycles. The van der Waals surface area contributed by atoms with Crippen LogP contribution < -0.4 is 26.3 Å². The Morgan fingerprint density at radius 2 is 2.13 bits per heavy atom. The Bertz CT molecular complexity index is 1030. The van der Waals surface area contributed by atoms with Gasteiger partial charge in [0.05, 0.1) is 12.1 Å². The molecule has 10 heteroatoms. The van der Waals surface area contributed by atoms with Gasteiger partial charge in [-0.3, -0.25) is 0 Å². The minimum atomic E-state index is -1.29. The van der Waals surface area contributed by atoms with Crippen molar-refractivity contribution in [1.82, 2.24) is 20.0 Å². The second kappa shape index (κ2) is 9.49. The van der Waals surface area contributed by atoms with Crippen LogP contribution in [0.5, 0.6) is 5.75 Å². The molecule has 30 heavy (non-hydrogen) atoms. The third kappa shape index (κ3) is 4.82. The lowest BCUT2D eigenvalue weighted by molar-refractivity contribution is -0.250. The molecule has 0 fully saturated rings. The molecule has 0 unspecified atom stereocenters. The highest BCUT2D eigenvalue weighted by atomic mass is 16.5. The number of hydrogen-bond acceptors (Lipinski definition) is 8. The number of fused-ring (bicyclic) bond motifs is 3. The van der Waals surface area contributed by atoms with Gasteiger partial charge >= 0.3 is 0 Å². The predicted octanol–water partition coefficient (Wildman–Crippen LogP) is 1.36. The molecule has 3 rings (SSSR count). The molecule has 0 atom stereocenters. The van der Waals surface area contributed by atoms with Crippen LogP contribution in [-0.4, -0.2) is 46.5 Å². The number of benzene rings is 1. The lowest BCUT2D eigenvalue weighted by atomic mass is 10.2. The van der Waals surface area contributed by atoms with Crippen LogP contribution in [-0.2, 0) is 11.3 Å². The normalized spacial score (nSPS) is 11.3. The lowest BCUT2D eigenvalue weighted by Gasteiger charge is -2.16. The molecule has 0 radical (unpaired) electrons. The van der Waals surface area contributed by atoms with Crippen molar-refractivity contribution in [2.24, 2.45) is 0 Å². The van der Waals surface area contributed by atoms with Gasteiger partial charge in [0.15, 0.2) is 11.6 Å². The molecule has 10 nitrogen and oxygen atoms in total. The standard InChI is InChI=1S/C20H28N6O4/c1-4-29-11-16-24-17-18(26(16)25-12(2)3)14-7-6-13(10-15(14)23-19(17)21)30-9-5-8-22-20(27)28/h6-7,10,12,22,25H,4-5,8-9,11H2,1-3H3,(H2,21,23)(H,27,28)/p-1. The van der Waals surface area contributed by atoms with Gasteiger partial charge in [0, 0.05) is 30.6 Å². The summed E-state index contributed by atoms with van der Waals surface area (Å²) in [4.78, 5) is 19.5. The summed E-state index contributed by atoms with van der Waals surface area (Å²) in [5, 5.41) is 13.4. The molecular formula is C20H27N6O4-. The summed E-state index contributed by atoms with van der Waals surface area (Å²) in [5.41, 5.74) is 11.7. The first-order chi connectivity index (χ1) is 14.4. The van der Waals surface area contributed by atoms with E-state index in [0.717, 1.165) is 16.7 Å². The molecule has 0 saturated heterocycles. The molecule has 0 bridgehead atoms. The Kier molecular flexibility index (Phi) is 6.78. The lowest BCUT2D eigenvalue weighted by Crippen LogP contribution is -2.37. The highest BCUT2D eigenvalue weighted by molar-refractivity contribution is 6.07. The van der Waals surface area contributed by atoms with Crippen LogP contribution in [0, 0.1) is 0 Å². The fourth-order valence-electron chi connectivity index (χ4n) is 3.11. The van der Waals surface area contributed by atoms with Gasteiger partial charge in [-0.1, -0.05) is 0 Å². The second-order valence-corrected chi connectivity index (χ2v) is 7.07. The molecular weight excluding hydrogens is 388 g/mol. The third-order valence-electron chi connectivity index (χ3n) is 4.34. The number of carbonyl (C=O) groups excluding carboxylic acids is 1. The van der Waals surface area contributed by atoms with E-state index in [4.69, 9.17) is 15.2 Å². The molecule has 1 amide bonds. The molecule has 0 aliphatic carbocycles. The molecule has 0 aliphatic heterocycles. The van der Waals surface area contributed by atoms with E-state index in [9.17, 15) is 9.90 Å². The van der Waals surface area contributed by atoms with Crippen LogP contribution in [0.4, 0.5) is 10.6 Å². The molecule has 0 aliphatic rings. The summed E-state index contributed by atoms with van der Waals surface area (Å²) in [5.74, 6) is 1.68. The van der Waals surface area contributed by atoms with E-state index in [1.165, 1.54) is 0 Å². The molecule has 0 spiro atoms. The number of pyridine rings is 1. The number of aromatic nitrogens is 3. The van der Waals surface area contributed by atoms with E-state index < -0.39 is 6.09 Å². The molecule has 4 N–H and O–H groups in total. The van der Waals surface area contributed by atoms with Gasteiger partial charge in [-0.05, 0) is 39.3 Å². The van der Waals surface area contributed by atoms with Crippen LogP contribution in [0.15, 0.2) is 18.2 Å². The number of nitrogens with zero attached hydrogens (tertiary/aromatic N) is 3. The second-order valence-electron chi connectivity index (χ2n) is 7.07. The average Bonchev–Trinajstić information content (AvgIpc) is 3.04. The summed E-state index contributed by atoms with van der Waals surface area (Å²) in [6.07, 6.45) is -0.772.